The SMILES string of the molecule is Oc1c(Br)cc(CNCC2(O)CCCC2)cc1Br. The Balaban J connectivity index is 1.90. The van der Waals surface area contributed by atoms with E-state index in [0.29, 0.717) is 22.0 Å². The second kappa shape index (κ2) is 5.90. The Labute approximate surface area is 124 Å². The van der Waals surface area contributed by atoms with E-state index >= 15 is 0 Å². The van der Waals surface area contributed by atoms with Crippen LogP contribution in [0, 0.1) is 0 Å². The van der Waals surface area contributed by atoms with Crippen LogP contribution in [0.3, 0.4) is 0 Å². The maximum Gasteiger partial charge on any atom is 0.143 e. The fourth-order valence-electron chi connectivity index (χ4n) is 2.37. The number of phenolic OH excluding ortho intramolecular Hbond substituents is 1. The van der Waals surface area contributed by atoms with Gasteiger partial charge in [0.05, 0.1) is 14.5 Å². The number of aliphatic hydroxyl groups is 1. The highest BCUT2D eigenvalue weighted by Gasteiger charge is 2.30. The third-order valence-electron chi connectivity index (χ3n) is 3.39. The zero-order chi connectivity index (χ0) is 13.2. The van der Waals surface area contributed by atoms with Gasteiger partial charge >= 0.3 is 0 Å². The molecule has 0 radical (unpaired) electrons. The summed E-state index contributed by atoms with van der Waals surface area (Å²) in [6.45, 7) is 1.31. The highest BCUT2D eigenvalue weighted by atomic mass is 79.9. The fraction of sp³-hybridized carbons (Fsp3) is 0.538. The van der Waals surface area contributed by atoms with E-state index in [1.54, 1.807) is 0 Å². The molecule has 100 valence electrons. The van der Waals surface area contributed by atoms with Crippen LogP contribution in [-0.2, 0) is 6.54 Å². The van der Waals surface area contributed by atoms with Gasteiger partial charge in [0.15, 0.2) is 0 Å². The third-order valence-corrected chi connectivity index (χ3v) is 4.60. The number of benzene rings is 1. The van der Waals surface area contributed by atoms with Crippen LogP contribution in [0.5, 0.6) is 5.75 Å². The lowest BCUT2D eigenvalue weighted by atomic mass is 10.0. The summed E-state index contributed by atoms with van der Waals surface area (Å²) in [4.78, 5) is 0. The normalized spacial score (nSPS) is 18.2. The third kappa shape index (κ3) is 3.47. The van der Waals surface area contributed by atoms with Gasteiger partial charge in [0.2, 0.25) is 0 Å². The summed E-state index contributed by atoms with van der Waals surface area (Å²) in [5, 5.41) is 23.1. The summed E-state index contributed by atoms with van der Waals surface area (Å²) < 4.78 is 1.35. The van der Waals surface area contributed by atoms with Gasteiger partial charge in [-0.3, -0.25) is 0 Å². The van der Waals surface area contributed by atoms with Crippen LogP contribution in [0.25, 0.3) is 0 Å². The van der Waals surface area contributed by atoms with Crippen LogP contribution < -0.4 is 5.32 Å². The number of phenols is 1. The zero-order valence-electron chi connectivity index (χ0n) is 10.0. The first-order valence-corrected chi connectivity index (χ1v) is 7.69. The summed E-state index contributed by atoms with van der Waals surface area (Å²) >= 11 is 6.62. The van der Waals surface area contributed by atoms with Gasteiger partial charge in [-0.2, -0.15) is 0 Å². The Bertz CT molecular complexity index is 408. The smallest absolute Gasteiger partial charge is 0.143 e. The minimum Gasteiger partial charge on any atom is -0.506 e. The first-order valence-electron chi connectivity index (χ1n) is 6.10. The molecular formula is C13H17Br2NO2. The van der Waals surface area contributed by atoms with E-state index in [4.69, 9.17) is 0 Å². The van der Waals surface area contributed by atoms with Crippen molar-refractivity contribution < 1.29 is 10.2 Å². The topological polar surface area (TPSA) is 52.5 Å². The molecule has 1 aromatic carbocycles. The van der Waals surface area contributed by atoms with Crippen molar-refractivity contribution in [3.63, 3.8) is 0 Å². The number of hydrogen-bond donors (Lipinski definition) is 3. The van der Waals surface area contributed by atoms with Crippen molar-refractivity contribution in [3.05, 3.63) is 26.6 Å². The molecule has 0 aromatic heterocycles. The lowest BCUT2D eigenvalue weighted by molar-refractivity contribution is 0.0475. The van der Waals surface area contributed by atoms with Crippen LogP contribution in [0.1, 0.15) is 31.2 Å². The van der Waals surface area contributed by atoms with Crippen molar-refractivity contribution in [1.82, 2.24) is 5.32 Å². The van der Waals surface area contributed by atoms with Crippen molar-refractivity contribution in [2.45, 2.75) is 37.8 Å². The minimum absolute atomic E-state index is 0.216. The summed E-state index contributed by atoms with van der Waals surface area (Å²) in [5.41, 5.74) is 0.541. The summed E-state index contributed by atoms with van der Waals surface area (Å²) in [6, 6.07) is 3.76. The Morgan fingerprint density at radius 1 is 1.17 bits per heavy atom. The Kier molecular flexibility index (Phi) is 4.69. The highest BCUT2D eigenvalue weighted by Crippen LogP contribution is 2.33. The number of hydrogen-bond acceptors (Lipinski definition) is 3. The molecule has 0 bridgehead atoms. The van der Waals surface area contributed by atoms with Crippen molar-refractivity contribution in [1.29, 1.82) is 0 Å². The largest absolute Gasteiger partial charge is 0.506 e. The first kappa shape index (κ1) is 14.3. The van der Waals surface area contributed by atoms with Crippen molar-refractivity contribution in [3.8, 4) is 5.75 Å². The molecule has 0 aliphatic heterocycles. The van der Waals surface area contributed by atoms with E-state index in [9.17, 15) is 10.2 Å². The second-order valence-corrected chi connectivity index (χ2v) is 6.65. The molecule has 0 atom stereocenters. The van der Waals surface area contributed by atoms with Crippen LogP contribution in [0.2, 0.25) is 0 Å². The van der Waals surface area contributed by atoms with Gasteiger partial charge in [0, 0.05) is 13.1 Å². The van der Waals surface area contributed by atoms with Crippen molar-refractivity contribution in [2.24, 2.45) is 0 Å². The number of aromatic hydroxyl groups is 1. The van der Waals surface area contributed by atoms with Crippen molar-refractivity contribution >= 4 is 31.9 Å². The summed E-state index contributed by atoms with van der Waals surface area (Å²) in [7, 11) is 0. The number of nitrogens with one attached hydrogen (secondary N) is 1. The molecule has 0 saturated heterocycles. The molecular weight excluding hydrogens is 362 g/mol. The second-order valence-electron chi connectivity index (χ2n) is 4.94. The molecule has 5 heteroatoms. The number of rotatable bonds is 4. The summed E-state index contributed by atoms with van der Waals surface area (Å²) in [5.74, 6) is 0.216. The van der Waals surface area contributed by atoms with E-state index in [2.05, 4.69) is 37.2 Å². The van der Waals surface area contributed by atoms with Gasteiger partial charge in [-0.15, -0.1) is 0 Å². The van der Waals surface area contributed by atoms with Gasteiger partial charge < -0.3 is 15.5 Å². The maximum atomic E-state index is 10.2. The predicted octanol–water partition coefficient (Wildman–Crippen LogP) is 3.31. The van der Waals surface area contributed by atoms with Gasteiger partial charge in [-0.1, -0.05) is 12.8 Å². The van der Waals surface area contributed by atoms with E-state index in [1.807, 2.05) is 12.1 Å². The van der Waals surface area contributed by atoms with E-state index in [0.717, 1.165) is 31.2 Å². The molecule has 0 unspecified atom stereocenters. The molecule has 0 amide bonds. The maximum absolute atomic E-state index is 10.2. The van der Waals surface area contributed by atoms with E-state index in [1.165, 1.54) is 0 Å². The monoisotopic (exact) mass is 377 g/mol. The molecule has 1 fully saturated rings. The zero-order valence-corrected chi connectivity index (χ0v) is 13.2. The molecule has 0 heterocycles. The predicted molar refractivity (Wildman–Crippen MR) is 78.6 cm³/mol. The molecule has 3 nitrogen and oxygen atoms in total. The van der Waals surface area contributed by atoms with E-state index < -0.39 is 5.60 Å². The molecule has 1 saturated carbocycles. The fourth-order valence-corrected chi connectivity index (χ4v) is 3.65. The molecule has 1 aliphatic carbocycles. The van der Waals surface area contributed by atoms with Crippen molar-refractivity contribution in [2.75, 3.05) is 6.54 Å². The minimum atomic E-state index is -0.522. The Hall–Kier alpha value is -0.100. The lowest BCUT2D eigenvalue weighted by Crippen LogP contribution is -2.37. The van der Waals surface area contributed by atoms with Crippen LogP contribution in [-0.4, -0.2) is 22.4 Å². The van der Waals surface area contributed by atoms with Gasteiger partial charge in [0.1, 0.15) is 5.75 Å². The lowest BCUT2D eigenvalue weighted by Gasteiger charge is -2.22. The summed E-state index contributed by atoms with van der Waals surface area (Å²) in [6.07, 6.45) is 4.02. The van der Waals surface area contributed by atoms with Gasteiger partial charge in [-0.05, 0) is 62.4 Å². The first-order chi connectivity index (χ1) is 8.50. The number of halogens is 2. The van der Waals surface area contributed by atoms with Crippen LogP contribution >= 0.6 is 31.9 Å². The molecule has 1 aromatic rings. The quantitative estimate of drug-likeness (QED) is 0.753. The molecule has 0 spiro atoms. The molecule has 3 N–H and O–H groups in total. The Morgan fingerprint density at radius 2 is 1.72 bits per heavy atom. The van der Waals surface area contributed by atoms with Crippen LogP contribution in [0.4, 0.5) is 0 Å². The molecule has 2 rings (SSSR count). The average molecular weight is 379 g/mol. The Morgan fingerprint density at radius 3 is 2.28 bits per heavy atom. The van der Waals surface area contributed by atoms with Gasteiger partial charge in [-0.25, -0.2) is 0 Å². The average Bonchev–Trinajstić information content (AvgIpc) is 2.73. The van der Waals surface area contributed by atoms with Crippen LogP contribution in [0.15, 0.2) is 21.1 Å². The van der Waals surface area contributed by atoms with E-state index in [-0.39, 0.29) is 5.75 Å². The molecule has 18 heavy (non-hydrogen) atoms. The molecule has 1 aliphatic rings. The van der Waals surface area contributed by atoms with Gasteiger partial charge in [0.25, 0.3) is 0 Å². The standard InChI is InChI=1S/C13H17Br2NO2/c14-10-5-9(6-11(15)12(10)17)7-16-8-13(18)3-1-2-4-13/h5-6,16-18H,1-4,7-8H2. The highest BCUT2D eigenvalue weighted by molar-refractivity contribution is 9.11.